The van der Waals surface area contributed by atoms with Crippen molar-refractivity contribution in [3.8, 4) is 11.6 Å². The van der Waals surface area contributed by atoms with Crippen molar-refractivity contribution in [1.82, 2.24) is 25.2 Å². The first-order valence-electron chi connectivity index (χ1n) is 17.1. The number of benzene rings is 1. The van der Waals surface area contributed by atoms with Crippen molar-refractivity contribution >= 4 is 56.2 Å². The zero-order valence-corrected chi connectivity index (χ0v) is 32.7. The number of hydrogen-bond donors (Lipinski definition) is 3. The molecule has 1 aromatic carbocycles. The van der Waals surface area contributed by atoms with Gasteiger partial charge in [-0.3, -0.25) is 19.1 Å². The fourth-order valence-corrected chi connectivity index (χ4v) is 7.41. The summed E-state index contributed by atoms with van der Waals surface area (Å²) in [6.07, 6.45) is 2.12. The number of methoxy groups -OCH3 is 1. The number of nitrogens with zero attached hydrogens (tertiary/aromatic N) is 2. The fourth-order valence-electron chi connectivity index (χ4n) is 5.84. The Morgan fingerprint density at radius 2 is 1.73 bits per heavy atom. The van der Waals surface area contributed by atoms with E-state index in [-0.39, 0.29) is 18.8 Å². The molecular weight excluding hydrogens is 714 g/mol. The molecule has 0 radical (unpaired) electrons. The molecule has 14 nitrogen and oxygen atoms in total. The van der Waals surface area contributed by atoms with E-state index in [4.69, 9.17) is 25.8 Å². The molecule has 2 aliphatic rings. The van der Waals surface area contributed by atoms with Crippen LogP contribution in [0.2, 0.25) is 5.02 Å². The van der Waals surface area contributed by atoms with Crippen LogP contribution in [0.5, 0.6) is 11.6 Å². The molecule has 1 aliphatic carbocycles. The summed E-state index contributed by atoms with van der Waals surface area (Å²) in [4.78, 5) is 61.2. The second-order valence-corrected chi connectivity index (χ2v) is 18.0. The number of halogens is 1. The van der Waals surface area contributed by atoms with Crippen LogP contribution in [0, 0.1) is 11.3 Å². The molecule has 2 fully saturated rings. The van der Waals surface area contributed by atoms with Crippen LogP contribution < -0.4 is 24.8 Å². The minimum atomic E-state index is -3.96. The van der Waals surface area contributed by atoms with E-state index >= 15 is 0 Å². The van der Waals surface area contributed by atoms with E-state index in [0.717, 1.165) is 0 Å². The molecule has 4 rings (SSSR count). The molecule has 2 aromatic rings. The van der Waals surface area contributed by atoms with Crippen molar-refractivity contribution in [2.75, 3.05) is 13.7 Å². The van der Waals surface area contributed by atoms with E-state index in [1.807, 2.05) is 0 Å². The van der Waals surface area contributed by atoms with Crippen LogP contribution in [-0.2, 0) is 29.1 Å². The van der Waals surface area contributed by atoms with Crippen molar-refractivity contribution in [3.63, 3.8) is 0 Å². The summed E-state index contributed by atoms with van der Waals surface area (Å²) in [6.45, 7) is 17.0. The molecule has 2 heterocycles. The highest BCUT2D eigenvalue weighted by atomic mass is 35.5. The van der Waals surface area contributed by atoms with Crippen LogP contribution in [0.4, 0.5) is 4.79 Å². The van der Waals surface area contributed by atoms with Crippen LogP contribution in [-0.4, -0.2) is 90.3 Å². The minimum absolute atomic E-state index is 0.0445. The maximum atomic E-state index is 14.5. The summed E-state index contributed by atoms with van der Waals surface area (Å²) >= 11 is 6.32. The van der Waals surface area contributed by atoms with Crippen LogP contribution in [0.1, 0.15) is 74.7 Å². The maximum Gasteiger partial charge on any atom is 0.408 e. The zero-order valence-electron chi connectivity index (χ0n) is 31.2. The van der Waals surface area contributed by atoms with E-state index in [2.05, 4.69) is 26.9 Å². The standard InChI is InChI=1S/C36H50ClN5O9S/c1-11-20(2)36(9,32(45)41-52(47,48)23-13-14-23)40-29(43)26-17-22(50-30-25-16-21(37)12-15-24(25)27(49-10)18-38-30)19-42(26)31(44)28(34(3,4)5)39-33(46)51-35(6,7)8/h11-12,15-16,18,20,22-23,26,28H,1,13-14,17,19H2,2-10H3,(H,39,46)(H,40,43)(H,41,45)/t20-,22+,26-,28+,36+/m0/s1. The number of likely N-dealkylation sites (tertiary alicyclic amines) is 1. The van der Waals surface area contributed by atoms with E-state index in [9.17, 15) is 27.6 Å². The van der Waals surface area contributed by atoms with Gasteiger partial charge in [0.2, 0.25) is 27.7 Å². The Bertz CT molecular complexity index is 1840. The molecular formula is C36H50ClN5O9S. The summed E-state index contributed by atoms with van der Waals surface area (Å²) in [5.74, 6) is -2.34. The average molecular weight is 764 g/mol. The predicted octanol–water partition coefficient (Wildman–Crippen LogP) is 4.49. The molecule has 4 amide bonds. The summed E-state index contributed by atoms with van der Waals surface area (Å²) in [5, 5.41) is 6.38. The Morgan fingerprint density at radius 1 is 1.08 bits per heavy atom. The Labute approximate surface area is 310 Å². The Balaban J connectivity index is 1.72. The van der Waals surface area contributed by atoms with Crippen molar-refractivity contribution in [1.29, 1.82) is 0 Å². The van der Waals surface area contributed by atoms with Crippen molar-refractivity contribution in [2.24, 2.45) is 11.3 Å². The van der Waals surface area contributed by atoms with E-state index in [0.29, 0.717) is 34.4 Å². The second-order valence-electron chi connectivity index (χ2n) is 15.6. The van der Waals surface area contributed by atoms with Crippen LogP contribution in [0.15, 0.2) is 37.1 Å². The Morgan fingerprint density at radius 3 is 2.29 bits per heavy atom. The summed E-state index contributed by atoms with van der Waals surface area (Å²) in [7, 11) is -2.45. The van der Waals surface area contributed by atoms with E-state index in [1.54, 1.807) is 66.7 Å². The number of amides is 4. The lowest BCUT2D eigenvalue weighted by molar-refractivity contribution is -0.143. The lowest BCUT2D eigenvalue weighted by Gasteiger charge is -2.38. The highest BCUT2D eigenvalue weighted by molar-refractivity contribution is 7.91. The van der Waals surface area contributed by atoms with Gasteiger partial charge in [0.05, 0.1) is 25.1 Å². The second kappa shape index (κ2) is 15.1. The van der Waals surface area contributed by atoms with Crippen LogP contribution in [0.3, 0.4) is 0 Å². The number of carbonyl (C=O) groups excluding carboxylic acids is 4. The third kappa shape index (κ3) is 9.27. The van der Waals surface area contributed by atoms with Crippen LogP contribution in [0.25, 0.3) is 10.8 Å². The van der Waals surface area contributed by atoms with Gasteiger partial charge in [-0.15, -0.1) is 6.58 Å². The zero-order chi connectivity index (χ0) is 39.0. The third-order valence-electron chi connectivity index (χ3n) is 9.21. The lowest BCUT2D eigenvalue weighted by atomic mass is 9.85. The van der Waals surface area contributed by atoms with Gasteiger partial charge in [0.25, 0.3) is 5.91 Å². The number of fused-ring (bicyclic) bond motifs is 1. The molecule has 52 heavy (non-hydrogen) atoms. The van der Waals surface area contributed by atoms with Gasteiger partial charge >= 0.3 is 6.09 Å². The predicted molar refractivity (Wildman–Crippen MR) is 196 cm³/mol. The van der Waals surface area contributed by atoms with Gasteiger partial charge in [-0.1, -0.05) is 45.4 Å². The first-order valence-corrected chi connectivity index (χ1v) is 19.0. The molecule has 0 spiro atoms. The number of ether oxygens (including phenoxy) is 3. The van der Waals surface area contributed by atoms with Gasteiger partial charge in [-0.2, -0.15) is 0 Å². The van der Waals surface area contributed by atoms with Gasteiger partial charge in [0.1, 0.15) is 35.1 Å². The topological polar surface area (TPSA) is 182 Å². The first-order chi connectivity index (χ1) is 24.0. The van der Waals surface area contributed by atoms with E-state index < -0.39 is 79.7 Å². The van der Waals surface area contributed by atoms with Crippen molar-refractivity contribution in [2.45, 2.75) is 109 Å². The average Bonchev–Trinajstić information content (AvgIpc) is 3.82. The van der Waals surface area contributed by atoms with Gasteiger partial charge in [-0.25, -0.2) is 18.2 Å². The highest BCUT2D eigenvalue weighted by Gasteiger charge is 2.50. The van der Waals surface area contributed by atoms with Gasteiger partial charge in [-0.05, 0) is 64.2 Å². The van der Waals surface area contributed by atoms with Crippen LogP contribution >= 0.6 is 11.6 Å². The number of sulfonamides is 1. The molecule has 0 unspecified atom stereocenters. The molecule has 0 bridgehead atoms. The number of alkyl carbamates (subject to hydrolysis) is 1. The smallest absolute Gasteiger partial charge is 0.408 e. The SMILES string of the molecule is C=C[C@H](C)[C@@](C)(NC(=O)[C@@H]1C[C@@H](Oc2ncc(OC)c3ccc(Cl)cc23)CN1C(=O)[C@@H](NC(=O)OC(C)(C)C)C(C)(C)C)C(=O)NS(=O)(=O)C1CC1. The highest BCUT2D eigenvalue weighted by Crippen LogP contribution is 2.36. The largest absolute Gasteiger partial charge is 0.494 e. The molecule has 1 aliphatic heterocycles. The fraction of sp³-hybridized carbons (Fsp3) is 0.583. The third-order valence-corrected chi connectivity index (χ3v) is 11.3. The molecule has 16 heteroatoms. The van der Waals surface area contributed by atoms with Crippen molar-refractivity contribution < 1.29 is 41.8 Å². The molecule has 5 atom stereocenters. The quantitative estimate of drug-likeness (QED) is 0.261. The number of rotatable bonds is 12. The number of pyridine rings is 1. The minimum Gasteiger partial charge on any atom is -0.494 e. The number of carbonyl (C=O) groups is 4. The normalized spacial score (nSPS) is 20.2. The molecule has 3 N–H and O–H groups in total. The van der Waals surface area contributed by atoms with Gasteiger partial charge < -0.3 is 29.7 Å². The Kier molecular flexibility index (Phi) is 11.8. The van der Waals surface area contributed by atoms with Gasteiger partial charge in [0.15, 0.2) is 0 Å². The van der Waals surface area contributed by atoms with E-state index in [1.165, 1.54) is 31.2 Å². The summed E-state index contributed by atoms with van der Waals surface area (Å²) < 4.78 is 44.9. The number of aromatic nitrogens is 1. The maximum absolute atomic E-state index is 14.5. The van der Waals surface area contributed by atoms with Gasteiger partial charge in [0, 0.05) is 28.1 Å². The molecule has 1 saturated carbocycles. The monoisotopic (exact) mass is 763 g/mol. The summed E-state index contributed by atoms with van der Waals surface area (Å²) in [5.41, 5.74) is -3.47. The Hall–Kier alpha value is -4.11. The van der Waals surface area contributed by atoms with Crippen molar-refractivity contribution in [3.05, 3.63) is 42.1 Å². The summed E-state index contributed by atoms with van der Waals surface area (Å²) in [6, 6.07) is 2.75. The first kappa shape index (κ1) is 40.7. The lowest BCUT2D eigenvalue weighted by Crippen LogP contribution is -2.64. The number of hydrogen-bond acceptors (Lipinski definition) is 10. The molecule has 1 saturated heterocycles. The molecule has 1 aromatic heterocycles. The number of nitrogens with one attached hydrogen (secondary N) is 3. The molecule has 286 valence electrons.